The summed E-state index contributed by atoms with van der Waals surface area (Å²) in [6.45, 7) is 6.60. The average Bonchev–Trinajstić information content (AvgIpc) is 3.12. The molecular formula is C26H40O6. The van der Waals surface area contributed by atoms with E-state index in [9.17, 15) is 20.1 Å². The maximum absolute atomic E-state index is 12.3. The molecule has 4 aliphatic carbocycles. The fourth-order valence-corrected chi connectivity index (χ4v) is 8.50. The fourth-order valence-electron chi connectivity index (χ4n) is 8.50. The van der Waals surface area contributed by atoms with Crippen molar-refractivity contribution in [3.63, 3.8) is 0 Å². The van der Waals surface area contributed by atoms with Gasteiger partial charge in [0.05, 0.1) is 12.7 Å². The highest BCUT2D eigenvalue weighted by molar-refractivity contribution is 5.79. The molecule has 0 spiro atoms. The number of rotatable bonds is 3. The van der Waals surface area contributed by atoms with Gasteiger partial charge in [-0.1, -0.05) is 25.5 Å². The first kappa shape index (κ1) is 23.0. The molecule has 1 aliphatic heterocycles. The van der Waals surface area contributed by atoms with Crippen molar-refractivity contribution in [2.75, 3.05) is 6.61 Å². The van der Waals surface area contributed by atoms with Crippen molar-refractivity contribution in [2.45, 2.75) is 103 Å². The van der Waals surface area contributed by atoms with Crippen molar-refractivity contribution in [1.82, 2.24) is 0 Å². The third-order valence-electron chi connectivity index (χ3n) is 10.3. The molecule has 5 aliphatic rings. The molecule has 0 aromatic heterocycles. The minimum absolute atomic E-state index is 0.0266. The lowest BCUT2D eigenvalue weighted by Gasteiger charge is -2.58. The van der Waals surface area contributed by atoms with Gasteiger partial charge in [-0.25, -0.2) is 0 Å². The van der Waals surface area contributed by atoms with Crippen LogP contribution < -0.4 is 0 Å². The first-order valence-corrected chi connectivity index (χ1v) is 12.7. The Labute approximate surface area is 191 Å². The molecule has 4 fully saturated rings. The Bertz CT molecular complexity index is 780. The lowest BCUT2D eigenvalue weighted by atomic mass is 9.47. The molecule has 3 saturated carbocycles. The zero-order chi connectivity index (χ0) is 22.8. The van der Waals surface area contributed by atoms with Crippen LogP contribution in [0, 0.1) is 34.5 Å². The molecule has 32 heavy (non-hydrogen) atoms. The number of allylic oxidation sites excluding steroid dienone is 1. The van der Waals surface area contributed by atoms with Crippen LogP contribution in [0.4, 0.5) is 0 Å². The van der Waals surface area contributed by atoms with Gasteiger partial charge < -0.3 is 24.8 Å². The van der Waals surface area contributed by atoms with Crippen LogP contribution in [-0.4, -0.2) is 58.4 Å². The average molecular weight is 449 g/mol. The standard InChI is InChI=1S/C26H40O6/c1-14(27)18-6-7-19-17-5-4-15-12-16(32-24-23(30)22(29)21(28)13-31-24)8-10-25(15,2)20(17)9-11-26(18,19)3/h4,16-24,28-30H,5-13H2,1-3H3/t16-,17-,18+,19-,20-,21+,22-,23+,24?,25-,26+/m0/s1. The molecule has 180 valence electrons. The van der Waals surface area contributed by atoms with E-state index >= 15 is 0 Å². The largest absolute Gasteiger partial charge is 0.388 e. The van der Waals surface area contributed by atoms with Crippen LogP contribution in [0.15, 0.2) is 11.6 Å². The molecule has 0 aromatic carbocycles. The van der Waals surface area contributed by atoms with Gasteiger partial charge in [-0.05, 0) is 86.9 Å². The summed E-state index contributed by atoms with van der Waals surface area (Å²) in [6, 6.07) is 0. The minimum Gasteiger partial charge on any atom is -0.388 e. The third-order valence-corrected chi connectivity index (χ3v) is 10.3. The minimum atomic E-state index is -1.24. The smallest absolute Gasteiger partial charge is 0.186 e. The normalized spacial score (nSPS) is 53.1. The summed E-state index contributed by atoms with van der Waals surface area (Å²) in [7, 11) is 0. The van der Waals surface area contributed by atoms with Gasteiger partial charge in [-0.3, -0.25) is 4.79 Å². The van der Waals surface area contributed by atoms with Crippen molar-refractivity contribution in [3.8, 4) is 0 Å². The highest BCUT2D eigenvalue weighted by atomic mass is 16.7. The predicted octanol–water partition coefficient (Wildman–Crippen LogP) is 2.98. The summed E-state index contributed by atoms with van der Waals surface area (Å²) in [5.74, 6) is 2.61. The van der Waals surface area contributed by atoms with E-state index in [0.29, 0.717) is 23.5 Å². The van der Waals surface area contributed by atoms with Gasteiger partial charge in [-0.15, -0.1) is 0 Å². The number of carbonyl (C=O) groups is 1. The third kappa shape index (κ3) is 3.44. The van der Waals surface area contributed by atoms with E-state index in [1.807, 2.05) is 0 Å². The molecule has 1 heterocycles. The van der Waals surface area contributed by atoms with Crippen LogP contribution in [0.25, 0.3) is 0 Å². The molecule has 1 unspecified atom stereocenters. The van der Waals surface area contributed by atoms with Gasteiger partial charge in [0.25, 0.3) is 0 Å². The summed E-state index contributed by atoms with van der Waals surface area (Å²) in [5.41, 5.74) is 1.83. The Balaban J connectivity index is 1.30. The molecule has 1 saturated heterocycles. The predicted molar refractivity (Wildman–Crippen MR) is 119 cm³/mol. The molecule has 0 radical (unpaired) electrons. The van der Waals surface area contributed by atoms with Crippen molar-refractivity contribution >= 4 is 5.78 Å². The molecule has 6 nitrogen and oxygen atoms in total. The summed E-state index contributed by atoms with van der Waals surface area (Å²) in [4.78, 5) is 12.3. The van der Waals surface area contributed by atoms with E-state index in [4.69, 9.17) is 9.47 Å². The number of hydrogen-bond acceptors (Lipinski definition) is 6. The fraction of sp³-hybridized carbons (Fsp3) is 0.885. The Hall–Kier alpha value is -0.790. The second kappa shape index (κ2) is 8.16. The van der Waals surface area contributed by atoms with Gasteiger partial charge in [0.1, 0.15) is 24.1 Å². The van der Waals surface area contributed by atoms with Crippen molar-refractivity contribution in [1.29, 1.82) is 0 Å². The molecule has 11 atom stereocenters. The number of carbonyl (C=O) groups excluding carboxylic acids is 1. The summed E-state index contributed by atoms with van der Waals surface area (Å²) in [6.07, 6.45) is 6.49. The number of aliphatic hydroxyl groups excluding tert-OH is 3. The zero-order valence-corrected chi connectivity index (χ0v) is 19.7. The molecule has 0 amide bonds. The van der Waals surface area contributed by atoms with Gasteiger partial charge in [-0.2, -0.15) is 0 Å². The lowest BCUT2D eigenvalue weighted by Crippen LogP contribution is -2.55. The van der Waals surface area contributed by atoms with Crippen LogP contribution >= 0.6 is 0 Å². The maximum atomic E-state index is 12.3. The topological polar surface area (TPSA) is 96.2 Å². The lowest BCUT2D eigenvalue weighted by molar-refractivity contribution is -0.284. The molecule has 0 bridgehead atoms. The number of Topliss-reactive ketones (excluding diaryl/α,β-unsaturated/α-hetero) is 1. The Morgan fingerprint density at radius 3 is 2.59 bits per heavy atom. The number of ketones is 1. The van der Waals surface area contributed by atoms with E-state index in [2.05, 4.69) is 19.9 Å². The molecule has 3 N–H and O–H groups in total. The van der Waals surface area contributed by atoms with Gasteiger partial charge in [0.2, 0.25) is 0 Å². The van der Waals surface area contributed by atoms with Gasteiger partial charge >= 0.3 is 0 Å². The molecule has 6 heteroatoms. The second-order valence-electron chi connectivity index (χ2n) is 11.8. The molecule has 0 aromatic rings. The van der Waals surface area contributed by atoms with Crippen LogP contribution in [0.2, 0.25) is 0 Å². The Kier molecular flexibility index (Phi) is 5.86. The van der Waals surface area contributed by atoms with Crippen LogP contribution in [0.1, 0.15) is 72.1 Å². The summed E-state index contributed by atoms with van der Waals surface area (Å²) >= 11 is 0. The quantitative estimate of drug-likeness (QED) is 0.575. The van der Waals surface area contributed by atoms with Gasteiger partial charge in [0.15, 0.2) is 6.29 Å². The van der Waals surface area contributed by atoms with E-state index < -0.39 is 24.6 Å². The molecular weight excluding hydrogens is 408 g/mol. The number of aliphatic hydroxyl groups is 3. The SMILES string of the molecule is CC(=O)[C@H]1CC[C@H]2[C@@H]3CC=C4C[C@@H](OC5OC[C@@H](O)[C@H](O)[C@H]5O)CC[C@]4(C)[C@H]3CC[C@]12C. The van der Waals surface area contributed by atoms with Gasteiger partial charge in [0, 0.05) is 5.92 Å². The zero-order valence-electron chi connectivity index (χ0n) is 19.7. The second-order valence-corrected chi connectivity index (χ2v) is 11.8. The summed E-state index contributed by atoms with van der Waals surface area (Å²) < 4.78 is 11.6. The Morgan fingerprint density at radius 1 is 1.06 bits per heavy atom. The van der Waals surface area contributed by atoms with E-state index in [0.717, 1.165) is 38.5 Å². The Morgan fingerprint density at radius 2 is 1.84 bits per heavy atom. The first-order valence-electron chi connectivity index (χ1n) is 12.7. The van der Waals surface area contributed by atoms with Crippen LogP contribution in [0.3, 0.4) is 0 Å². The van der Waals surface area contributed by atoms with Crippen molar-refractivity contribution < 1.29 is 29.6 Å². The van der Waals surface area contributed by atoms with Crippen molar-refractivity contribution in [3.05, 3.63) is 11.6 Å². The van der Waals surface area contributed by atoms with E-state index in [1.54, 1.807) is 6.92 Å². The van der Waals surface area contributed by atoms with E-state index in [-0.39, 0.29) is 29.5 Å². The monoisotopic (exact) mass is 448 g/mol. The number of fused-ring (bicyclic) bond motifs is 5. The van der Waals surface area contributed by atoms with Crippen LogP contribution in [-0.2, 0) is 14.3 Å². The summed E-state index contributed by atoms with van der Waals surface area (Å²) in [5, 5.41) is 29.9. The van der Waals surface area contributed by atoms with E-state index in [1.165, 1.54) is 18.4 Å². The number of hydrogen-bond donors (Lipinski definition) is 3. The highest BCUT2D eigenvalue weighted by Crippen LogP contribution is 2.66. The number of ether oxygens (including phenoxy) is 2. The first-order chi connectivity index (χ1) is 15.1. The van der Waals surface area contributed by atoms with Crippen LogP contribution in [0.5, 0.6) is 0 Å². The highest BCUT2D eigenvalue weighted by Gasteiger charge is 2.59. The molecule has 5 rings (SSSR count). The maximum Gasteiger partial charge on any atom is 0.186 e. The van der Waals surface area contributed by atoms with Crippen molar-refractivity contribution in [2.24, 2.45) is 34.5 Å².